The van der Waals surface area contributed by atoms with Crippen LogP contribution in [0.1, 0.15) is 26.3 Å². The fourth-order valence-electron chi connectivity index (χ4n) is 3.09. The predicted molar refractivity (Wildman–Crippen MR) is 127 cm³/mol. The molecule has 1 amide bonds. The SMILES string of the molecule is O=C(Oc1ccc(/C=N/NC(=O)c2cccc3ccccc23)cc1)c1ccc(Cl)cc1Cl. The van der Waals surface area contributed by atoms with Crippen molar-refractivity contribution in [3.8, 4) is 5.75 Å². The first-order chi connectivity index (χ1) is 15.5. The summed E-state index contributed by atoms with van der Waals surface area (Å²) in [5, 5.41) is 6.51. The van der Waals surface area contributed by atoms with E-state index in [1.807, 2.05) is 36.4 Å². The van der Waals surface area contributed by atoms with E-state index >= 15 is 0 Å². The third kappa shape index (κ3) is 4.97. The largest absolute Gasteiger partial charge is 0.423 e. The Morgan fingerprint density at radius 2 is 1.59 bits per heavy atom. The Hall–Kier alpha value is -3.67. The van der Waals surface area contributed by atoms with Crippen molar-refractivity contribution in [1.82, 2.24) is 5.43 Å². The first-order valence-electron chi connectivity index (χ1n) is 9.60. The molecule has 4 aromatic carbocycles. The molecule has 7 heteroatoms. The molecule has 0 bridgehead atoms. The van der Waals surface area contributed by atoms with Crippen LogP contribution in [0.3, 0.4) is 0 Å². The molecule has 0 aliphatic heterocycles. The highest BCUT2D eigenvalue weighted by Crippen LogP contribution is 2.23. The summed E-state index contributed by atoms with van der Waals surface area (Å²) in [7, 11) is 0. The van der Waals surface area contributed by atoms with E-state index in [2.05, 4.69) is 10.5 Å². The summed E-state index contributed by atoms with van der Waals surface area (Å²) in [5.74, 6) is -0.545. The van der Waals surface area contributed by atoms with Crippen molar-refractivity contribution in [2.75, 3.05) is 0 Å². The molecule has 0 aliphatic carbocycles. The van der Waals surface area contributed by atoms with Gasteiger partial charge < -0.3 is 4.74 Å². The van der Waals surface area contributed by atoms with Crippen LogP contribution in [-0.2, 0) is 0 Å². The van der Waals surface area contributed by atoms with E-state index in [0.717, 1.165) is 10.8 Å². The van der Waals surface area contributed by atoms with Gasteiger partial charge in [0.2, 0.25) is 0 Å². The number of ether oxygens (including phenoxy) is 1. The first kappa shape index (κ1) is 21.6. The second-order valence-electron chi connectivity index (χ2n) is 6.81. The van der Waals surface area contributed by atoms with E-state index < -0.39 is 5.97 Å². The van der Waals surface area contributed by atoms with Crippen LogP contribution in [0.5, 0.6) is 5.75 Å². The van der Waals surface area contributed by atoms with Crippen LogP contribution in [0.2, 0.25) is 10.0 Å². The maximum Gasteiger partial charge on any atom is 0.345 e. The average molecular weight is 463 g/mol. The summed E-state index contributed by atoms with van der Waals surface area (Å²) in [5.41, 5.74) is 4.02. The monoisotopic (exact) mass is 462 g/mol. The number of halogens is 2. The van der Waals surface area contributed by atoms with Crippen molar-refractivity contribution < 1.29 is 14.3 Å². The van der Waals surface area contributed by atoms with Crippen LogP contribution in [0, 0.1) is 0 Å². The molecule has 0 radical (unpaired) electrons. The third-order valence-electron chi connectivity index (χ3n) is 4.66. The Bertz CT molecular complexity index is 1330. The number of nitrogens with one attached hydrogen (secondary N) is 1. The minimum Gasteiger partial charge on any atom is -0.423 e. The topological polar surface area (TPSA) is 67.8 Å². The van der Waals surface area contributed by atoms with E-state index in [1.165, 1.54) is 18.3 Å². The molecule has 32 heavy (non-hydrogen) atoms. The van der Waals surface area contributed by atoms with Gasteiger partial charge in [0, 0.05) is 10.6 Å². The van der Waals surface area contributed by atoms with Crippen molar-refractivity contribution in [2.24, 2.45) is 5.10 Å². The average Bonchev–Trinajstić information content (AvgIpc) is 2.79. The van der Waals surface area contributed by atoms with E-state index in [0.29, 0.717) is 21.9 Å². The number of nitrogens with zero attached hydrogens (tertiary/aromatic N) is 1. The molecule has 0 saturated heterocycles. The van der Waals surface area contributed by atoms with Crippen LogP contribution in [0.15, 0.2) is 90.0 Å². The summed E-state index contributed by atoms with van der Waals surface area (Å²) in [4.78, 5) is 24.8. The van der Waals surface area contributed by atoms with E-state index in [9.17, 15) is 9.59 Å². The molecule has 0 spiro atoms. The Labute approximate surface area is 194 Å². The molecule has 0 heterocycles. The molecule has 0 unspecified atom stereocenters. The molecule has 5 nitrogen and oxygen atoms in total. The maximum absolute atomic E-state index is 12.5. The number of hydrogen-bond donors (Lipinski definition) is 1. The molecule has 1 N–H and O–H groups in total. The molecule has 4 aromatic rings. The molecule has 0 aromatic heterocycles. The lowest BCUT2D eigenvalue weighted by atomic mass is 10.0. The number of carbonyl (C=O) groups excluding carboxylic acids is 2. The number of hydrazone groups is 1. The van der Waals surface area contributed by atoms with Crippen LogP contribution in [-0.4, -0.2) is 18.1 Å². The quantitative estimate of drug-likeness (QED) is 0.168. The van der Waals surface area contributed by atoms with Gasteiger partial charge in [-0.2, -0.15) is 5.10 Å². The standard InChI is InChI=1S/C25H16Cl2N2O3/c26-18-10-13-22(23(27)14-18)25(31)32-19-11-8-16(9-12-19)15-28-29-24(30)21-7-3-5-17-4-1-2-6-20(17)21/h1-15H,(H,29,30)/b28-15+. The molecular formula is C25H16Cl2N2O3. The van der Waals surface area contributed by atoms with Gasteiger partial charge in [-0.15, -0.1) is 0 Å². The number of benzene rings is 4. The zero-order chi connectivity index (χ0) is 22.5. The Morgan fingerprint density at radius 3 is 2.38 bits per heavy atom. The summed E-state index contributed by atoms with van der Waals surface area (Å²) in [6.45, 7) is 0. The zero-order valence-corrected chi connectivity index (χ0v) is 18.1. The van der Waals surface area contributed by atoms with Crippen LogP contribution < -0.4 is 10.2 Å². The number of hydrogen-bond acceptors (Lipinski definition) is 4. The Kier molecular flexibility index (Phi) is 6.50. The van der Waals surface area contributed by atoms with E-state index in [1.54, 1.807) is 36.4 Å². The number of esters is 1. The van der Waals surface area contributed by atoms with Crippen LogP contribution in [0.25, 0.3) is 10.8 Å². The summed E-state index contributed by atoms with van der Waals surface area (Å²) < 4.78 is 5.34. The maximum atomic E-state index is 12.5. The van der Waals surface area contributed by atoms with Gasteiger partial charge in [0.05, 0.1) is 16.8 Å². The lowest BCUT2D eigenvalue weighted by molar-refractivity contribution is 0.0734. The van der Waals surface area contributed by atoms with Gasteiger partial charge in [-0.05, 0) is 64.9 Å². The smallest absolute Gasteiger partial charge is 0.345 e. The zero-order valence-electron chi connectivity index (χ0n) is 16.6. The van der Waals surface area contributed by atoms with Gasteiger partial charge in [0.1, 0.15) is 5.75 Å². The lowest BCUT2D eigenvalue weighted by Crippen LogP contribution is -2.17. The third-order valence-corrected chi connectivity index (χ3v) is 5.20. The van der Waals surface area contributed by atoms with Gasteiger partial charge in [-0.1, -0.05) is 59.6 Å². The number of amides is 1. The van der Waals surface area contributed by atoms with Gasteiger partial charge in [-0.25, -0.2) is 10.2 Å². The van der Waals surface area contributed by atoms with E-state index in [4.69, 9.17) is 27.9 Å². The van der Waals surface area contributed by atoms with Crippen molar-refractivity contribution >= 4 is 52.1 Å². The predicted octanol–water partition coefficient (Wildman–Crippen LogP) is 6.13. The number of fused-ring (bicyclic) bond motifs is 1. The normalized spacial score (nSPS) is 10.9. The molecule has 158 valence electrons. The van der Waals surface area contributed by atoms with Gasteiger partial charge in [0.15, 0.2) is 0 Å². The van der Waals surface area contributed by atoms with Gasteiger partial charge >= 0.3 is 5.97 Å². The second-order valence-corrected chi connectivity index (χ2v) is 7.65. The van der Waals surface area contributed by atoms with E-state index in [-0.39, 0.29) is 16.5 Å². The highest BCUT2D eigenvalue weighted by atomic mass is 35.5. The first-order valence-corrected chi connectivity index (χ1v) is 10.4. The highest BCUT2D eigenvalue weighted by Gasteiger charge is 2.13. The molecule has 4 rings (SSSR count). The summed E-state index contributed by atoms with van der Waals surface area (Å²) >= 11 is 11.9. The summed E-state index contributed by atoms with van der Waals surface area (Å²) in [6, 6.07) is 24.4. The van der Waals surface area contributed by atoms with Crippen LogP contribution in [0.4, 0.5) is 0 Å². The molecule has 0 fully saturated rings. The Morgan fingerprint density at radius 1 is 0.844 bits per heavy atom. The number of carbonyl (C=O) groups is 2. The minimum atomic E-state index is -0.588. The van der Waals surface area contributed by atoms with Crippen LogP contribution >= 0.6 is 23.2 Å². The van der Waals surface area contributed by atoms with Crippen molar-refractivity contribution in [2.45, 2.75) is 0 Å². The van der Waals surface area contributed by atoms with Crippen molar-refractivity contribution in [1.29, 1.82) is 0 Å². The van der Waals surface area contributed by atoms with Gasteiger partial charge in [0.25, 0.3) is 5.91 Å². The van der Waals surface area contributed by atoms with Crippen molar-refractivity contribution in [3.05, 3.63) is 112 Å². The fraction of sp³-hybridized carbons (Fsp3) is 0. The highest BCUT2D eigenvalue weighted by molar-refractivity contribution is 6.36. The number of rotatable bonds is 5. The summed E-state index contributed by atoms with van der Waals surface area (Å²) in [6.07, 6.45) is 1.50. The van der Waals surface area contributed by atoms with Gasteiger partial charge in [-0.3, -0.25) is 4.79 Å². The second kappa shape index (κ2) is 9.64. The molecule has 0 saturated carbocycles. The van der Waals surface area contributed by atoms with Crippen molar-refractivity contribution in [3.63, 3.8) is 0 Å². The lowest BCUT2D eigenvalue weighted by Gasteiger charge is -2.06. The molecular weight excluding hydrogens is 447 g/mol. The fourth-order valence-corrected chi connectivity index (χ4v) is 3.57. The Balaban J connectivity index is 1.39. The minimum absolute atomic E-state index is 0.216. The molecule has 0 aliphatic rings. The molecule has 0 atom stereocenters.